The summed E-state index contributed by atoms with van der Waals surface area (Å²) in [6.07, 6.45) is 10.4. The topological polar surface area (TPSA) is 136 Å². The van der Waals surface area contributed by atoms with Crippen LogP contribution >= 0.6 is 0 Å². The van der Waals surface area contributed by atoms with E-state index in [2.05, 4.69) is 15.6 Å². The number of nitrogens with one attached hydrogen (secondary N) is 3. The number of halogens is 2. The highest BCUT2D eigenvalue weighted by atomic mass is 19.1. The van der Waals surface area contributed by atoms with Crippen molar-refractivity contribution >= 4 is 23.4 Å². The molecule has 4 aromatic rings. The van der Waals surface area contributed by atoms with Crippen molar-refractivity contribution in [1.29, 1.82) is 5.41 Å². The number of benzene rings is 2. The van der Waals surface area contributed by atoms with Crippen LogP contribution in [0.5, 0.6) is 5.75 Å². The van der Waals surface area contributed by atoms with Gasteiger partial charge in [-0.05, 0) is 55.5 Å². The molecule has 11 nitrogen and oxygen atoms in total. The number of allylic oxidation sites excluding steroid dienone is 3. The van der Waals surface area contributed by atoms with Crippen LogP contribution in [0.4, 0.5) is 14.5 Å². The molecule has 1 aliphatic heterocycles. The molecule has 0 aliphatic carbocycles. The van der Waals surface area contributed by atoms with Crippen LogP contribution in [0.1, 0.15) is 23.0 Å². The first-order valence-corrected chi connectivity index (χ1v) is 13.0. The monoisotopic (exact) mass is 585 g/mol. The van der Waals surface area contributed by atoms with Gasteiger partial charge < -0.3 is 25.3 Å². The Hall–Kier alpha value is -5.85. The Morgan fingerprint density at radius 3 is 2.56 bits per heavy atom. The average molecular weight is 586 g/mol. The van der Waals surface area contributed by atoms with Crippen LogP contribution in [-0.4, -0.2) is 30.8 Å². The highest BCUT2D eigenvalue weighted by Crippen LogP contribution is 2.28. The predicted molar refractivity (Wildman–Crippen MR) is 156 cm³/mol. The van der Waals surface area contributed by atoms with Crippen molar-refractivity contribution in [3.05, 3.63) is 135 Å². The number of hydrogen-bond donors (Lipinski definition) is 3. The fourth-order valence-corrected chi connectivity index (χ4v) is 4.28. The SMILES string of the molecule is CCn1cc(C(=O)Nc2ccc(OC3=CC(c4cn(C)cn4)=CN/C3=C\C=N)c(F)c2)c(=O)n(-c2ccc(F)cc2)c1=O. The number of dihydropyridines is 1. The minimum atomic E-state index is -0.918. The number of amides is 1. The third kappa shape index (κ3) is 5.95. The molecular formula is C30H25F2N7O4. The third-order valence-corrected chi connectivity index (χ3v) is 6.42. The van der Waals surface area contributed by atoms with E-state index in [0.717, 1.165) is 39.7 Å². The number of rotatable bonds is 8. The molecule has 1 aliphatic rings. The number of aryl methyl sites for hydroxylation is 2. The number of aromatic nitrogens is 4. The van der Waals surface area contributed by atoms with Gasteiger partial charge in [-0.2, -0.15) is 0 Å². The maximum absolute atomic E-state index is 15.2. The Morgan fingerprint density at radius 2 is 1.91 bits per heavy atom. The molecular weight excluding hydrogens is 560 g/mol. The van der Waals surface area contributed by atoms with Gasteiger partial charge in [0.2, 0.25) is 0 Å². The van der Waals surface area contributed by atoms with Crippen molar-refractivity contribution in [2.24, 2.45) is 7.05 Å². The van der Waals surface area contributed by atoms with Crippen LogP contribution in [0.2, 0.25) is 0 Å². The zero-order valence-corrected chi connectivity index (χ0v) is 23.0. The highest BCUT2D eigenvalue weighted by Gasteiger charge is 2.20. The molecule has 3 heterocycles. The smallest absolute Gasteiger partial charge is 0.335 e. The lowest BCUT2D eigenvalue weighted by atomic mass is 10.1. The van der Waals surface area contributed by atoms with Gasteiger partial charge in [0.25, 0.3) is 11.5 Å². The minimum absolute atomic E-state index is 0.0249. The van der Waals surface area contributed by atoms with E-state index < -0.39 is 28.8 Å². The number of imidazole rings is 1. The average Bonchev–Trinajstić information content (AvgIpc) is 3.42. The van der Waals surface area contributed by atoms with Gasteiger partial charge in [-0.15, -0.1) is 0 Å². The lowest BCUT2D eigenvalue weighted by Gasteiger charge is -2.19. The van der Waals surface area contributed by atoms with Gasteiger partial charge in [0.1, 0.15) is 11.4 Å². The standard InChI is InChI=1S/C30H25F2N7O4/c1-3-38-15-22(29(41)39(30(38)42)21-7-4-19(31)5-8-21)28(40)36-20-6-9-26(23(32)13-20)43-27-12-18(14-34-24(27)10-11-33)25-16-37(2)17-35-25/h4-17,33-34H,3H2,1-2H3,(H,36,40)/b24-10-,33-11?. The van der Waals surface area contributed by atoms with E-state index in [1.165, 1.54) is 30.3 Å². The summed E-state index contributed by atoms with van der Waals surface area (Å²) in [4.78, 5) is 43.5. The summed E-state index contributed by atoms with van der Waals surface area (Å²) in [5.41, 5.74) is -0.152. The van der Waals surface area contributed by atoms with Crippen molar-refractivity contribution in [1.82, 2.24) is 24.0 Å². The van der Waals surface area contributed by atoms with Crippen LogP contribution in [0.25, 0.3) is 11.3 Å². The molecule has 5 rings (SSSR count). The Labute approximate surface area is 243 Å². The van der Waals surface area contributed by atoms with Crippen molar-refractivity contribution in [3.63, 3.8) is 0 Å². The molecule has 0 bridgehead atoms. The van der Waals surface area contributed by atoms with Gasteiger partial charge >= 0.3 is 5.69 Å². The third-order valence-electron chi connectivity index (χ3n) is 6.42. The van der Waals surface area contributed by atoms with E-state index in [1.807, 2.05) is 7.05 Å². The van der Waals surface area contributed by atoms with Crippen LogP contribution in [0.3, 0.4) is 0 Å². The maximum Gasteiger partial charge on any atom is 0.335 e. The lowest BCUT2D eigenvalue weighted by Crippen LogP contribution is -2.42. The molecule has 3 N–H and O–H groups in total. The molecule has 0 fully saturated rings. The summed E-state index contributed by atoms with van der Waals surface area (Å²) in [6.45, 7) is 1.81. The van der Waals surface area contributed by atoms with Crippen LogP contribution < -0.4 is 26.6 Å². The molecule has 13 heteroatoms. The van der Waals surface area contributed by atoms with E-state index in [9.17, 15) is 18.8 Å². The predicted octanol–water partition coefficient (Wildman–Crippen LogP) is 3.72. The number of carbonyl (C=O) groups is 1. The molecule has 0 saturated heterocycles. The molecule has 0 saturated carbocycles. The van der Waals surface area contributed by atoms with Gasteiger partial charge in [0.05, 0.1) is 23.4 Å². The number of hydrogen-bond acceptors (Lipinski definition) is 7. The van der Waals surface area contributed by atoms with Crippen molar-refractivity contribution in [3.8, 4) is 11.4 Å². The second-order valence-corrected chi connectivity index (χ2v) is 9.35. The van der Waals surface area contributed by atoms with Crippen LogP contribution in [-0.2, 0) is 13.6 Å². The summed E-state index contributed by atoms with van der Waals surface area (Å²) in [7, 11) is 1.83. The maximum atomic E-state index is 15.2. The number of nitrogens with zero attached hydrogens (tertiary/aromatic N) is 4. The molecule has 0 atom stereocenters. The normalized spacial score (nSPS) is 13.6. The van der Waals surface area contributed by atoms with Gasteiger partial charge in [0, 0.05) is 55.7 Å². The molecule has 0 radical (unpaired) electrons. The van der Waals surface area contributed by atoms with Gasteiger partial charge in [-0.3, -0.25) is 14.2 Å². The Kier molecular flexibility index (Phi) is 7.96. The molecule has 0 unspecified atom stereocenters. The van der Waals surface area contributed by atoms with Crippen molar-refractivity contribution < 1.29 is 18.3 Å². The zero-order chi connectivity index (χ0) is 30.7. The van der Waals surface area contributed by atoms with Crippen LogP contribution in [0.15, 0.2) is 101 Å². The van der Waals surface area contributed by atoms with Crippen molar-refractivity contribution in [2.45, 2.75) is 13.5 Å². The number of anilines is 1. The van der Waals surface area contributed by atoms with E-state index in [-0.39, 0.29) is 35.0 Å². The molecule has 0 spiro atoms. The Balaban J connectivity index is 1.41. The quantitative estimate of drug-likeness (QED) is 0.270. The summed E-state index contributed by atoms with van der Waals surface area (Å²) in [5.74, 6) is -2.19. The van der Waals surface area contributed by atoms with Crippen LogP contribution in [0, 0.1) is 17.0 Å². The minimum Gasteiger partial charge on any atom is -0.452 e. The first-order valence-electron chi connectivity index (χ1n) is 13.0. The first-order chi connectivity index (χ1) is 20.7. The van der Waals surface area contributed by atoms with E-state index in [4.69, 9.17) is 10.1 Å². The second kappa shape index (κ2) is 11.9. The molecule has 218 valence electrons. The first kappa shape index (κ1) is 28.7. The Bertz CT molecular complexity index is 1950. The second-order valence-electron chi connectivity index (χ2n) is 9.35. The summed E-state index contributed by atoms with van der Waals surface area (Å²) < 4.78 is 38.2. The fraction of sp³-hybridized carbons (Fsp3) is 0.100. The van der Waals surface area contributed by atoms with E-state index >= 15 is 4.39 Å². The number of carbonyl (C=O) groups excluding carboxylic acids is 1. The molecule has 1 amide bonds. The largest absolute Gasteiger partial charge is 0.452 e. The molecule has 43 heavy (non-hydrogen) atoms. The highest BCUT2D eigenvalue weighted by molar-refractivity contribution is 6.03. The van der Waals surface area contributed by atoms with Gasteiger partial charge in [-0.1, -0.05) is 0 Å². The Morgan fingerprint density at radius 1 is 1.14 bits per heavy atom. The molecule has 2 aromatic heterocycles. The van der Waals surface area contributed by atoms with Gasteiger partial charge in [0.15, 0.2) is 17.3 Å². The number of ether oxygens (including phenoxy) is 1. The zero-order valence-electron chi connectivity index (χ0n) is 23.0. The van der Waals surface area contributed by atoms with E-state index in [0.29, 0.717) is 17.0 Å². The lowest BCUT2D eigenvalue weighted by molar-refractivity contribution is 0.102. The summed E-state index contributed by atoms with van der Waals surface area (Å²) >= 11 is 0. The van der Waals surface area contributed by atoms with E-state index in [1.54, 1.807) is 36.3 Å². The van der Waals surface area contributed by atoms with Gasteiger partial charge in [-0.25, -0.2) is 23.1 Å². The fourth-order valence-electron chi connectivity index (χ4n) is 4.28. The molecule has 2 aromatic carbocycles. The van der Waals surface area contributed by atoms with Crippen molar-refractivity contribution in [2.75, 3.05) is 5.32 Å². The summed E-state index contributed by atoms with van der Waals surface area (Å²) in [6, 6.07) is 8.40. The summed E-state index contributed by atoms with van der Waals surface area (Å²) in [5, 5.41) is 12.9.